The van der Waals surface area contributed by atoms with E-state index in [0.717, 1.165) is 43.9 Å². The van der Waals surface area contributed by atoms with E-state index in [1.165, 1.54) is 11.3 Å². The fourth-order valence-corrected chi connectivity index (χ4v) is 4.27. The van der Waals surface area contributed by atoms with Gasteiger partial charge in [-0.1, -0.05) is 12.1 Å². The molecule has 1 aromatic heterocycles. The van der Waals surface area contributed by atoms with Gasteiger partial charge in [-0.15, -0.1) is 0 Å². The van der Waals surface area contributed by atoms with Crippen molar-refractivity contribution >= 4 is 11.6 Å². The molecule has 29 heavy (non-hydrogen) atoms. The fourth-order valence-electron chi connectivity index (χ4n) is 4.27. The van der Waals surface area contributed by atoms with E-state index >= 15 is 0 Å². The van der Waals surface area contributed by atoms with Crippen LogP contribution in [0.2, 0.25) is 0 Å². The van der Waals surface area contributed by atoms with Crippen molar-refractivity contribution < 1.29 is 4.74 Å². The zero-order valence-electron chi connectivity index (χ0n) is 17.8. The Kier molecular flexibility index (Phi) is 5.61. The summed E-state index contributed by atoms with van der Waals surface area (Å²) in [6, 6.07) is 8.65. The zero-order chi connectivity index (χ0) is 20.5. The minimum Gasteiger partial charge on any atom is -0.378 e. The average Bonchev–Trinajstić information content (AvgIpc) is 2.67. The van der Waals surface area contributed by atoms with Crippen LogP contribution < -0.4 is 15.4 Å². The van der Waals surface area contributed by atoms with E-state index in [0.29, 0.717) is 12.5 Å². The minimum absolute atomic E-state index is 0.00628. The summed E-state index contributed by atoms with van der Waals surface area (Å²) in [5.41, 5.74) is 4.23. The van der Waals surface area contributed by atoms with Crippen LogP contribution in [-0.2, 0) is 24.2 Å². The van der Waals surface area contributed by atoms with Gasteiger partial charge in [-0.25, -0.2) is 4.98 Å². The monoisotopic (exact) mass is 397 g/mol. The van der Waals surface area contributed by atoms with Crippen LogP contribution in [0.15, 0.2) is 29.1 Å². The summed E-state index contributed by atoms with van der Waals surface area (Å²) in [4.78, 5) is 27.2. The van der Waals surface area contributed by atoms with Crippen LogP contribution in [0, 0.1) is 0 Å². The molecule has 1 saturated heterocycles. The van der Waals surface area contributed by atoms with Gasteiger partial charge in [0.2, 0.25) is 5.95 Å². The Balaban J connectivity index is 1.50. The summed E-state index contributed by atoms with van der Waals surface area (Å²) in [7, 11) is 4.10. The number of hydrogen-bond acceptors (Lipinski definition) is 6. The SMILES string of the molecule is CC1CN(c2nc3c(c(=O)[nH]2)CCN(Cc2ccc(N(C)C)cc2)C3)CC(C)O1. The third-order valence-electron chi connectivity index (χ3n) is 5.72. The Morgan fingerprint density at radius 1 is 1.17 bits per heavy atom. The van der Waals surface area contributed by atoms with Crippen LogP contribution in [0.1, 0.15) is 30.7 Å². The Hall–Kier alpha value is -2.38. The molecular formula is C22H31N5O2. The number of nitrogens with one attached hydrogen (secondary N) is 1. The summed E-state index contributed by atoms with van der Waals surface area (Å²) in [5, 5.41) is 0. The Bertz CT molecular complexity index is 898. The molecule has 1 N–H and O–H groups in total. The number of ether oxygens (including phenoxy) is 1. The average molecular weight is 398 g/mol. The highest BCUT2D eigenvalue weighted by Gasteiger charge is 2.27. The first-order valence-electron chi connectivity index (χ1n) is 10.4. The predicted molar refractivity (Wildman–Crippen MR) is 116 cm³/mol. The standard InChI is InChI=1S/C22H31N5O2/c1-15-11-27(12-16(2)29-15)22-23-20-14-26(10-9-19(20)21(28)24-22)13-17-5-7-18(8-6-17)25(3)4/h5-8,15-16H,9-14H2,1-4H3,(H,23,24,28). The van der Waals surface area contributed by atoms with Crippen molar-refractivity contribution in [3.8, 4) is 0 Å². The summed E-state index contributed by atoms with van der Waals surface area (Å²) in [6.07, 6.45) is 0.993. The van der Waals surface area contributed by atoms with Gasteiger partial charge in [0.05, 0.1) is 17.9 Å². The molecule has 0 radical (unpaired) electrons. The van der Waals surface area contributed by atoms with Crippen LogP contribution in [0.5, 0.6) is 0 Å². The van der Waals surface area contributed by atoms with Crippen LogP contribution in [0.25, 0.3) is 0 Å². The highest BCUT2D eigenvalue weighted by molar-refractivity contribution is 5.46. The second-order valence-corrected chi connectivity index (χ2v) is 8.50. The molecule has 0 aliphatic carbocycles. The van der Waals surface area contributed by atoms with Crippen molar-refractivity contribution in [2.45, 2.75) is 45.6 Å². The topological polar surface area (TPSA) is 64.7 Å². The third-order valence-corrected chi connectivity index (χ3v) is 5.72. The number of benzene rings is 1. The molecule has 1 aromatic carbocycles. The van der Waals surface area contributed by atoms with Crippen molar-refractivity contribution in [3.63, 3.8) is 0 Å². The lowest BCUT2D eigenvalue weighted by Gasteiger charge is -2.36. The van der Waals surface area contributed by atoms with E-state index in [2.05, 4.69) is 57.8 Å². The lowest BCUT2D eigenvalue weighted by Crippen LogP contribution is -2.47. The molecule has 2 aliphatic heterocycles. The molecule has 7 nitrogen and oxygen atoms in total. The summed E-state index contributed by atoms with van der Waals surface area (Å²) in [6.45, 7) is 8.05. The number of aromatic amines is 1. The van der Waals surface area contributed by atoms with Gasteiger partial charge in [-0.3, -0.25) is 14.7 Å². The van der Waals surface area contributed by atoms with E-state index in [4.69, 9.17) is 9.72 Å². The van der Waals surface area contributed by atoms with Gasteiger partial charge in [0.15, 0.2) is 0 Å². The summed E-state index contributed by atoms with van der Waals surface area (Å²) < 4.78 is 5.81. The number of H-pyrrole nitrogens is 1. The van der Waals surface area contributed by atoms with E-state index in [9.17, 15) is 4.79 Å². The van der Waals surface area contributed by atoms with Gasteiger partial charge < -0.3 is 14.5 Å². The lowest BCUT2D eigenvalue weighted by atomic mass is 10.1. The van der Waals surface area contributed by atoms with Gasteiger partial charge in [-0.2, -0.15) is 0 Å². The molecule has 2 aromatic rings. The van der Waals surface area contributed by atoms with Gasteiger partial charge in [-0.05, 0) is 38.0 Å². The molecule has 4 rings (SSSR count). The molecule has 7 heteroatoms. The zero-order valence-corrected chi connectivity index (χ0v) is 17.8. The number of aromatic nitrogens is 2. The van der Waals surface area contributed by atoms with Crippen LogP contribution in [-0.4, -0.2) is 60.8 Å². The quantitative estimate of drug-likeness (QED) is 0.852. The number of fused-ring (bicyclic) bond motifs is 1. The molecule has 3 heterocycles. The van der Waals surface area contributed by atoms with Crippen LogP contribution in [0.3, 0.4) is 0 Å². The normalized spacial score (nSPS) is 22.4. The minimum atomic E-state index is 0.00628. The molecule has 2 unspecified atom stereocenters. The van der Waals surface area contributed by atoms with Crippen molar-refractivity contribution in [1.82, 2.24) is 14.9 Å². The summed E-state index contributed by atoms with van der Waals surface area (Å²) >= 11 is 0. The van der Waals surface area contributed by atoms with Crippen molar-refractivity contribution in [3.05, 3.63) is 51.4 Å². The maximum absolute atomic E-state index is 12.7. The molecule has 1 fully saturated rings. The Labute approximate surface area is 172 Å². The molecule has 0 bridgehead atoms. The van der Waals surface area contributed by atoms with E-state index < -0.39 is 0 Å². The molecular weight excluding hydrogens is 366 g/mol. The number of rotatable bonds is 4. The largest absolute Gasteiger partial charge is 0.378 e. The van der Waals surface area contributed by atoms with Crippen LogP contribution in [0.4, 0.5) is 11.6 Å². The molecule has 0 amide bonds. The van der Waals surface area contributed by atoms with E-state index in [1.807, 2.05) is 14.1 Å². The molecule has 2 atom stereocenters. The molecule has 2 aliphatic rings. The van der Waals surface area contributed by atoms with Gasteiger partial charge in [0.25, 0.3) is 5.56 Å². The lowest BCUT2D eigenvalue weighted by molar-refractivity contribution is -0.00576. The number of morpholine rings is 1. The highest BCUT2D eigenvalue weighted by Crippen LogP contribution is 2.21. The maximum atomic E-state index is 12.7. The number of nitrogens with zero attached hydrogens (tertiary/aromatic N) is 4. The van der Waals surface area contributed by atoms with Crippen molar-refractivity contribution in [2.75, 3.05) is 43.5 Å². The molecule has 0 spiro atoms. The fraction of sp³-hybridized carbons (Fsp3) is 0.545. The van der Waals surface area contributed by atoms with Crippen molar-refractivity contribution in [2.24, 2.45) is 0 Å². The summed E-state index contributed by atoms with van der Waals surface area (Å²) in [5.74, 6) is 0.674. The highest BCUT2D eigenvalue weighted by atomic mass is 16.5. The first-order valence-corrected chi connectivity index (χ1v) is 10.4. The first-order chi connectivity index (χ1) is 13.9. The van der Waals surface area contributed by atoms with Gasteiger partial charge >= 0.3 is 0 Å². The molecule has 0 saturated carbocycles. The Morgan fingerprint density at radius 3 is 2.52 bits per heavy atom. The number of hydrogen-bond donors (Lipinski definition) is 1. The first kappa shape index (κ1) is 19.9. The second kappa shape index (κ2) is 8.16. The van der Waals surface area contributed by atoms with Gasteiger partial charge in [0, 0.05) is 58.1 Å². The maximum Gasteiger partial charge on any atom is 0.255 e. The third kappa shape index (κ3) is 4.46. The number of anilines is 2. The Morgan fingerprint density at radius 2 is 1.86 bits per heavy atom. The van der Waals surface area contributed by atoms with E-state index in [1.54, 1.807) is 0 Å². The predicted octanol–water partition coefficient (Wildman–Crippen LogP) is 2.01. The van der Waals surface area contributed by atoms with Crippen LogP contribution >= 0.6 is 0 Å². The van der Waals surface area contributed by atoms with Crippen molar-refractivity contribution in [1.29, 1.82) is 0 Å². The van der Waals surface area contributed by atoms with E-state index in [-0.39, 0.29) is 17.8 Å². The van der Waals surface area contributed by atoms with Gasteiger partial charge in [0.1, 0.15) is 0 Å². The smallest absolute Gasteiger partial charge is 0.255 e. The molecule has 156 valence electrons. The second-order valence-electron chi connectivity index (χ2n) is 8.50.